The maximum atomic E-state index is 13.0. The van der Waals surface area contributed by atoms with Crippen LogP contribution < -0.4 is 0 Å². The third-order valence-corrected chi connectivity index (χ3v) is 6.27. The van der Waals surface area contributed by atoms with Crippen LogP contribution in [0, 0.1) is 7.14 Å². The molecule has 2 unspecified atom stereocenters. The van der Waals surface area contributed by atoms with E-state index in [0.717, 1.165) is 11.1 Å². The largest absolute Gasteiger partial charge is 0.298 e. The number of Topliss-reactive ketones (excluding diaryl/α,β-unsaturated/α-hetero) is 1. The summed E-state index contributed by atoms with van der Waals surface area (Å²) < 4.78 is 2.36. The first-order valence-electron chi connectivity index (χ1n) is 6.73. The van der Waals surface area contributed by atoms with E-state index in [4.69, 9.17) is 0 Å². The Labute approximate surface area is 175 Å². The molecule has 0 aliphatic rings. The third kappa shape index (κ3) is 4.77. The third-order valence-electron chi connectivity index (χ3n) is 3.54. The fourth-order valence-corrected chi connectivity index (χ4v) is 4.40. The topological polar surface area (TPSA) is 17.1 Å². The molecule has 2 aromatic carbocycles. The molecule has 0 amide bonds. The lowest BCUT2D eigenvalue weighted by Crippen LogP contribution is -2.23. The number of carbonyl (C=O) groups excluding carboxylic acids is 1. The number of benzene rings is 2. The van der Waals surface area contributed by atoms with Crippen LogP contribution in [-0.2, 0) is 4.79 Å². The van der Waals surface area contributed by atoms with Crippen molar-refractivity contribution >= 4 is 82.8 Å². The lowest BCUT2D eigenvalue weighted by Gasteiger charge is -2.20. The van der Waals surface area contributed by atoms with Crippen LogP contribution in [0.4, 0.5) is 0 Å². The lowest BCUT2D eigenvalue weighted by molar-refractivity contribution is -0.121. The highest BCUT2D eigenvalue weighted by atomic mass is 127. The zero-order valence-electron chi connectivity index (χ0n) is 11.6. The highest BCUT2D eigenvalue weighted by Crippen LogP contribution is 2.30. The molecule has 5 heteroatoms. The van der Waals surface area contributed by atoms with Crippen LogP contribution in [0.25, 0.3) is 0 Å². The standard InChI is InChI=1S/C17H14Br2I2O/c18-9-15(11-1-5-13(20)6-2-11)17(22)16(10-19)12-3-7-14(21)8-4-12/h1-8,15-16H,9-10H2. The van der Waals surface area contributed by atoms with E-state index in [2.05, 4.69) is 77.0 Å². The average Bonchev–Trinajstić information content (AvgIpc) is 2.52. The van der Waals surface area contributed by atoms with Crippen molar-refractivity contribution in [1.29, 1.82) is 0 Å². The minimum absolute atomic E-state index is 0.126. The quantitative estimate of drug-likeness (QED) is 0.273. The van der Waals surface area contributed by atoms with Crippen LogP contribution in [0.5, 0.6) is 0 Å². The molecule has 2 rings (SSSR count). The van der Waals surface area contributed by atoms with Crippen molar-refractivity contribution in [1.82, 2.24) is 0 Å². The van der Waals surface area contributed by atoms with Gasteiger partial charge in [-0.25, -0.2) is 0 Å². The molecule has 0 saturated heterocycles. The molecule has 22 heavy (non-hydrogen) atoms. The van der Waals surface area contributed by atoms with Gasteiger partial charge in [0, 0.05) is 17.8 Å². The summed E-state index contributed by atoms with van der Waals surface area (Å²) in [7, 11) is 0. The van der Waals surface area contributed by atoms with Gasteiger partial charge in [0.05, 0.1) is 11.8 Å². The smallest absolute Gasteiger partial charge is 0.149 e. The van der Waals surface area contributed by atoms with Gasteiger partial charge in [-0.2, -0.15) is 0 Å². The maximum absolute atomic E-state index is 13.0. The van der Waals surface area contributed by atoms with Gasteiger partial charge in [0.15, 0.2) is 0 Å². The first-order chi connectivity index (χ1) is 10.6. The average molecular weight is 648 g/mol. The van der Waals surface area contributed by atoms with Gasteiger partial charge in [-0.3, -0.25) is 4.79 Å². The predicted molar refractivity (Wildman–Crippen MR) is 116 cm³/mol. The van der Waals surface area contributed by atoms with Gasteiger partial charge < -0.3 is 0 Å². The molecule has 116 valence electrons. The fraction of sp³-hybridized carbons (Fsp3) is 0.235. The molecule has 0 aliphatic carbocycles. The highest BCUT2D eigenvalue weighted by molar-refractivity contribution is 14.1. The summed E-state index contributed by atoms with van der Waals surface area (Å²) >= 11 is 11.6. The maximum Gasteiger partial charge on any atom is 0.149 e. The SMILES string of the molecule is O=C(C(CBr)c1ccc(I)cc1)C(CBr)c1ccc(I)cc1. The van der Waals surface area contributed by atoms with E-state index < -0.39 is 0 Å². The molecule has 0 aromatic heterocycles. The zero-order chi connectivity index (χ0) is 16.1. The molecule has 0 N–H and O–H groups in total. The van der Waals surface area contributed by atoms with Crippen molar-refractivity contribution in [3.8, 4) is 0 Å². The van der Waals surface area contributed by atoms with Gasteiger partial charge in [0.1, 0.15) is 5.78 Å². The zero-order valence-corrected chi connectivity index (χ0v) is 19.1. The molecule has 0 spiro atoms. The second kappa shape index (κ2) is 9.13. The second-order valence-electron chi connectivity index (χ2n) is 4.92. The molecule has 0 aliphatic heterocycles. The second-order valence-corrected chi connectivity index (χ2v) is 8.71. The van der Waals surface area contributed by atoms with E-state index in [0.29, 0.717) is 10.7 Å². The molecule has 0 heterocycles. The summed E-state index contributed by atoms with van der Waals surface area (Å²) in [5, 5.41) is 1.28. The fourth-order valence-electron chi connectivity index (χ4n) is 2.29. The number of alkyl halides is 2. The normalized spacial score (nSPS) is 13.6. The van der Waals surface area contributed by atoms with Crippen molar-refractivity contribution in [2.24, 2.45) is 0 Å². The Kier molecular flexibility index (Phi) is 7.83. The Morgan fingerprint density at radius 3 is 1.36 bits per heavy atom. The van der Waals surface area contributed by atoms with E-state index in [1.807, 2.05) is 48.5 Å². The highest BCUT2D eigenvalue weighted by Gasteiger charge is 2.28. The van der Waals surface area contributed by atoms with Crippen molar-refractivity contribution in [3.05, 3.63) is 66.8 Å². The van der Waals surface area contributed by atoms with E-state index in [1.54, 1.807) is 0 Å². The molecule has 2 atom stereocenters. The van der Waals surface area contributed by atoms with Crippen LogP contribution in [0.3, 0.4) is 0 Å². The van der Waals surface area contributed by atoms with E-state index in [-0.39, 0.29) is 17.6 Å². The van der Waals surface area contributed by atoms with Crippen molar-refractivity contribution in [2.75, 3.05) is 10.7 Å². The van der Waals surface area contributed by atoms with Crippen molar-refractivity contribution in [3.63, 3.8) is 0 Å². The molecular formula is C17H14Br2I2O. The summed E-state index contributed by atoms with van der Waals surface area (Å²) in [5.74, 6) is -0.00572. The summed E-state index contributed by atoms with van der Waals surface area (Å²) in [6.07, 6.45) is 0. The van der Waals surface area contributed by atoms with Gasteiger partial charge >= 0.3 is 0 Å². The van der Waals surface area contributed by atoms with Gasteiger partial charge in [-0.05, 0) is 80.6 Å². The molecule has 0 fully saturated rings. The van der Waals surface area contributed by atoms with E-state index in [1.165, 1.54) is 7.14 Å². The Morgan fingerprint density at radius 1 is 0.773 bits per heavy atom. The number of ketones is 1. The molecule has 2 aromatic rings. The first kappa shape index (κ1) is 18.9. The Hall–Kier alpha value is 0.530. The van der Waals surface area contributed by atoms with Crippen molar-refractivity contribution < 1.29 is 4.79 Å². The summed E-state index contributed by atoms with van der Waals surface area (Å²) in [6, 6.07) is 16.4. The van der Waals surface area contributed by atoms with Crippen LogP contribution in [-0.4, -0.2) is 16.4 Å². The van der Waals surface area contributed by atoms with Crippen LogP contribution in [0.15, 0.2) is 48.5 Å². The minimum atomic E-state index is -0.126. The van der Waals surface area contributed by atoms with E-state index in [9.17, 15) is 4.79 Å². The molecule has 0 saturated carbocycles. The summed E-state index contributed by atoms with van der Waals surface area (Å²) in [5.41, 5.74) is 2.14. The number of rotatable bonds is 6. The summed E-state index contributed by atoms with van der Waals surface area (Å²) in [6.45, 7) is 0. The predicted octanol–water partition coefficient (Wildman–Crippen LogP) is 6.12. The number of carbonyl (C=O) groups is 1. The Bertz CT molecular complexity index is 571. The monoisotopic (exact) mass is 646 g/mol. The molecule has 0 radical (unpaired) electrons. The molecular weight excluding hydrogens is 634 g/mol. The van der Waals surface area contributed by atoms with Crippen LogP contribution >= 0.6 is 77.0 Å². The minimum Gasteiger partial charge on any atom is -0.298 e. The summed E-state index contributed by atoms with van der Waals surface area (Å²) in [4.78, 5) is 13.0. The van der Waals surface area contributed by atoms with Crippen molar-refractivity contribution in [2.45, 2.75) is 11.8 Å². The van der Waals surface area contributed by atoms with Crippen LogP contribution in [0.2, 0.25) is 0 Å². The number of hydrogen-bond acceptors (Lipinski definition) is 1. The molecule has 0 bridgehead atoms. The lowest BCUT2D eigenvalue weighted by atomic mass is 9.86. The van der Waals surface area contributed by atoms with Gasteiger partial charge in [0.2, 0.25) is 0 Å². The van der Waals surface area contributed by atoms with Crippen LogP contribution in [0.1, 0.15) is 23.0 Å². The Balaban J connectivity index is 2.29. The number of hydrogen-bond donors (Lipinski definition) is 0. The number of halogens is 4. The van der Waals surface area contributed by atoms with Gasteiger partial charge in [0.25, 0.3) is 0 Å². The van der Waals surface area contributed by atoms with Gasteiger partial charge in [-0.15, -0.1) is 0 Å². The Morgan fingerprint density at radius 2 is 1.09 bits per heavy atom. The van der Waals surface area contributed by atoms with Gasteiger partial charge in [-0.1, -0.05) is 56.1 Å². The molecule has 1 nitrogen and oxygen atoms in total. The first-order valence-corrected chi connectivity index (χ1v) is 11.1. The van der Waals surface area contributed by atoms with E-state index >= 15 is 0 Å².